The Morgan fingerprint density at radius 2 is 1.89 bits per heavy atom. The lowest BCUT2D eigenvalue weighted by atomic mass is 9.85. The lowest BCUT2D eigenvalue weighted by molar-refractivity contribution is -0.0793. The molecule has 0 bridgehead atoms. The minimum atomic E-state index is -0.766. The second kappa shape index (κ2) is 4.99. The first-order chi connectivity index (χ1) is 8.82. The van der Waals surface area contributed by atoms with Gasteiger partial charge in [0.05, 0.1) is 6.10 Å². The van der Waals surface area contributed by atoms with Gasteiger partial charge in [0.2, 0.25) is 0 Å². The summed E-state index contributed by atoms with van der Waals surface area (Å²) in [5, 5.41) is 11.5. The predicted octanol–water partition coefficient (Wildman–Crippen LogP) is 3.84. The van der Waals surface area contributed by atoms with Crippen LogP contribution in [0.5, 0.6) is 0 Å². The average Bonchev–Trinajstić information content (AvgIpc) is 2.70. The Hall–Kier alpha value is -1.32. The summed E-state index contributed by atoms with van der Waals surface area (Å²) < 4.78 is 11.2. The summed E-state index contributed by atoms with van der Waals surface area (Å²) in [6, 6.07) is 7.87. The molecule has 0 aliphatic carbocycles. The van der Waals surface area contributed by atoms with Crippen LogP contribution in [0.3, 0.4) is 0 Å². The first-order valence-corrected chi connectivity index (χ1v) is 6.54. The molecule has 0 aliphatic heterocycles. The van der Waals surface area contributed by atoms with E-state index < -0.39 is 6.10 Å². The molecule has 2 unspecified atom stereocenters. The minimum Gasteiger partial charge on any atom is -0.458 e. The summed E-state index contributed by atoms with van der Waals surface area (Å²) in [7, 11) is 1.62. The average molecular weight is 262 g/mol. The molecule has 104 valence electrons. The van der Waals surface area contributed by atoms with E-state index >= 15 is 0 Å². The Bertz CT molecular complexity index is 563. The molecule has 0 fully saturated rings. The molecular weight excluding hydrogens is 240 g/mol. The molecule has 3 nitrogen and oxygen atoms in total. The van der Waals surface area contributed by atoms with E-state index in [1.54, 1.807) is 7.11 Å². The van der Waals surface area contributed by atoms with Crippen molar-refractivity contribution in [1.29, 1.82) is 0 Å². The van der Waals surface area contributed by atoms with E-state index in [9.17, 15) is 5.11 Å². The zero-order chi connectivity index (χ0) is 14.2. The van der Waals surface area contributed by atoms with Gasteiger partial charge < -0.3 is 14.3 Å². The van der Waals surface area contributed by atoms with Crippen molar-refractivity contribution in [2.75, 3.05) is 7.11 Å². The molecule has 0 spiro atoms. The smallest absolute Gasteiger partial charge is 0.138 e. The summed E-state index contributed by atoms with van der Waals surface area (Å²) in [4.78, 5) is 0. The maximum atomic E-state index is 10.5. The van der Waals surface area contributed by atoms with E-state index in [1.807, 2.05) is 52.0 Å². The van der Waals surface area contributed by atoms with Crippen LogP contribution in [0.4, 0.5) is 0 Å². The number of methoxy groups -OCH3 is 1. The van der Waals surface area contributed by atoms with Crippen LogP contribution < -0.4 is 0 Å². The zero-order valence-corrected chi connectivity index (χ0v) is 12.2. The largest absolute Gasteiger partial charge is 0.458 e. The number of aryl methyl sites for hydroxylation is 1. The first kappa shape index (κ1) is 14.1. The van der Waals surface area contributed by atoms with E-state index in [-0.39, 0.29) is 11.5 Å². The fourth-order valence-corrected chi connectivity index (χ4v) is 2.43. The van der Waals surface area contributed by atoms with E-state index in [0.29, 0.717) is 5.76 Å². The van der Waals surface area contributed by atoms with Crippen LogP contribution in [0.25, 0.3) is 11.0 Å². The maximum absolute atomic E-state index is 10.5. The monoisotopic (exact) mass is 262 g/mol. The van der Waals surface area contributed by atoms with Gasteiger partial charge in [-0.05, 0) is 30.5 Å². The van der Waals surface area contributed by atoms with Gasteiger partial charge in [-0.15, -0.1) is 0 Å². The number of ether oxygens (including phenoxy) is 1. The molecule has 2 aromatic rings. The minimum absolute atomic E-state index is 0.164. The Morgan fingerprint density at radius 3 is 2.47 bits per heavy atom. The van der Waals surface area contributed by atoms with Crippen molar-refractivity contribution in [2.45, 2.75) is 39.9 Å². The third-order valence-corrected chi connectivity index (χ3v) is 3.38. The highest BCUT2D eigenvalue weighted by Crippen LogP contribution is 2.34. The third-order valence-electron chi connectivity index (χ3n) is 3.38. The van der Waals surface area contributed by atoms with Crippen LogP contribution in [0.1, 0.15) is 38.2 Å². The van der Waals surface area contributed by atoms with Crippen LogP contribution >= 0.6 is 0 Å². The number of furan rings is 1. The molecule has 0 saturated heterocycles. The van der Waals surface area contributed by atoms with Gasteiger partial charge in [-0.3, -0.25) is 0 Å². The third kappa shape index (κ3) is 2.82. The summed E-state index contributed by atoms with van der Waals surface area (Å²) in [5.74, 6) is 0.558. The van der Waals surface area contributed by atoms with Crippen molar-refractivity contribution < 1.29 is 14.3 Å². The first-order valence-electron chi connectivity index (χ1n) is 6.54. The van der Waals surface area contributed by atoms with Crippen LogP contribution in [0, 0.1) is 12.3 Å². The van der Waals surface area contributed by atoms with Gasteiger partial charge in [0.25, 0.3) is 0 Å². The molecule has 0 saturated carbocycles. The van der Waals surface area contributed by atoms with Crippen LogP contribution in [0.2, 0.25) is 0 Å². The van der Waals surface area contributed by atoms with Crippen LogP contribution in [-0.2, 0) is 4.74 Å². The van der Waals surface area contributed by atoms with Gasteiger partial charge in [-0.1, -0.05) is 32.4 Å². The Balaban J connectivity index is 2.38. The van der Waals surface area contributed by atoms with Crippen molar-refractivity contribution in [2.24, 2.45) is 5.41 Å². The molecule has 19 heavy (non-hydrogen) atoms. The van der Waals surface area contributed by atoms with E-state index in [2.05, 4.69) is 0 Å². The molecule has 1 heterocycles. The van der Waals surface area contributed by atoms with Crippen LogP contribution in [0.15, 0.2) is 28.7 Å². The predicted molar refractivity (Wildman–Crippen MR) is 76.2 cm³/mol. The van der Waals surface area contributed by atoms with Crippen molar-refractivity contribution in [3.63, 3.8) is 0 Å². The SMILES string of the molecule is COC(C(O)c1cc2cc(C)ccc2o1)C(C)(C)C. The number of fused-ring (bicyclic) bond motifs is 1. The number of hydrogen-bond acceptors (Lipinski definition) is 3. The number of hydrogen-bond donors (Lipinski definition) is 1. The lowest BCUT2D eigenvalue weighted by Crippen LogP contribution is -2.34. The number of aliphatic hydroxyl groups is 1. The van der Waals surface area contributed by atoms with E-state index in [4.69, 9.17) is 9.15 Å². The van der Waals surface area contributed by atoms with Crippen LogP contribution in [-0.4, -0.2) is 18.3 Å². The van der Waals surface area contributed by atoms with Gasteiger partial charge in [0.1, 0.15) is 17.4 Å². The molecule has 0 amide bonds. The number of rotatable bonds is 3. The Labute approximate surface area is 114 Å². The highest BCUT2D eigenvalue weighted by atomic mass is 16.5. The highest BCUT2D eigenvalue weighted by molar-refractivity contribution is 5.78. The normalized spacial score (nSPS) is 15.7. The second-order valence-electron chi connectivity index (χ2n) is 6.16. The standard InChI is InChI=1S/C16H22O3/c1-10-6-7-12-11(8-10)9-13(19-12)14(17)15(18-5)16(2,3)4/h6-9,14-15,17H,1-5H3. The topological polar surface area (TPSA) is 42.6 Å². The summed E-state index contributed by atoms with van der Waals surface area (Å²) in [5.41, 5.74) is 1.81. The fraction of sp³-hybridized carbons (Fsp3) is 0.500. The fourth-order valence-electron chi connectivity index (χ4n) is 2.43. The number of aliphatic hydroxyl groups excluding tert-OH is 1. The quantitative estimate of drug-likeness (QED) is 0.914. The van der Waals surface area contributed by atoms with Crippen molar-refractivity contribution in [1.82, 2.24) is 0 Å². The molecule has 3 heteroatoms. The van der Waals surface area contributed by atoms with Gasteiger partial charge >= 0.3 is 0 Å². The summed E-state index contributed by atoms with van der Waals surface area (Å²) in [6.45, 7) is 8.15. The van der Waals surface area contributed by atoms with E-state index in [0.717, 1.165) is 11.0 Å². The van der Waals surface area contributed by atoms with Gasteiger partial charge in [-0.25, -0.2) is 0 Å². The van der Waals surface area contributed by atoms with Gasteiger partial charge in [0.15, 0.2) is 0 Å². The molecule has 0 radical (unpaired) electrons. The van der Waals surface area contributed by atoms with E-state index in [1.165, 1.54) is 5.56 Å². The Morgan fingerprint density at radius 1 is 1.21 bits per heavy atom. The molecule has 2 atom stereocenters. The zero-order valence-electron chi connectivity index (χ0n) is 12.2. The molecular formula is C16H22O3. The van der Waals surface area contributed by atoms with Gasteiger partial charge in [0, 0.05) is 12.5 Å². The highest BCUT2D eigenvalue weighted by Gasteiger charge is 2.34. The van der Waals surface area contributed by atoms with Gasteiger partial charge in [-0.2, -0.15) is 0 Å². The Kier molecular flexibility index (Phi) is 3.70. The molecule has 1 aromatic heterocycles. The molecule has 1 aromatic carbocycles. The van der Waals surface area contributed by atoms with Crippen molar-refractivity contribution in [3.8, 4) is 0 Å². The summed E-state index contributed by atoms with van der Waals surface area (Å²) >= 11 is 0. The lowest BCUT2D eigenvalue weighted by Gasteiger charge is -2.32. The molecule has 2 rings (SSSR count). The molecule has 1 N–H and O–H groups in total. The van der Waals surface area contributed by atoms with Crippen molar-refractivity contribution >= 4 is 11.0 Å². The number of benzene rings is 1. The maximum Gasteiger partial charge on any atom is 0.138 e. The summed E-state index contributed by atoms with van der Waals surface area (Å²) in [6.07, 6.45) is -1.08. The molecule has 0 aliphatic rings. The second-order valence-corrected chi connectivity index (χ2v) is 6.16. The van der Waals surface area contributed by atoms with Crippen molar-refractivity contribution in [3.05, 3.63) is 35.6 Å².